The van der Waals surface area contributed by atoms with Crippen molar-refractivity contribution in [2.45, 2.75) is 19.4 Å². The van der Waals surface area contributed by atoms with Crippen LogP contribution in [0.3, 0.4) is 0 Å². The molecule has 7 heteroatoms. The summed E-state index contributed by atoms with van der Waals surface area (Å²) in [5.74, 6) is -0.424. The van der Waals surface area contributed by atoms with Crippen LogP contribution in [0.1, 0.15) is 13.8 Å². The van der Waals surface area contributed by atoms with Crippen LogP contribution in [-0.4, -0.2) is 71.3 Å². The fraction of sp³-hybridized carbons (Fsp3) is 0.923. The third kappa shape index (κ3) is 9.22. The molecule has 0 aromatic heterocycles. The van der Waals surface area contributed by atoms with Gasteiger partial charge >= 0.3 is 0 Å². The van der Waals surface area contributed by atoms with E-state index < -0.39 is 11.4 Å². The highest BCUT2D eigenvalue weighted by Crippen LogP contribution is 2.03. The van der Waals surface area contributed by atoms with Crippen LogP contribution in [-0.2, 0) is 23.7 Å². The van der Waals surface area contributed by atoms with Crippen molar-refractivity contribution in [1.29, 1.82) is 0 Å². The van der Waals surface area contributed by atoms with Gasteiger partial charge in [-0.25, -0.2) is 0 Å². The van der Waals surface area contributed by atoms with E-state index in [2.05, 4.69) is 5.32 Å². The van der Waals surface area contributed by atoms with E-state index in [1.807, 2.05) is 6.92 Å². The third-order valence-corrected chi connectivity index (χ3v) is 2.68. The predicted octanol–water partition coefficient (Wildman–Crippen LogP) is -0.464. The van der Waals surface area contributed by atoms with Gasteiger partial charge in [-0.05, 0) is 13.5 Å². The summed E-state index contributed by atoms with van der Waals surface area (Å²) in [6, 6.07) is 0. The Hall–Kier alpha value is -0.730. The minimum absolute atomic E-state index is 0.226. The van der Waals surface area contributed by atoms with Gasteiger partial charge in [0.25, 0.3) is 0 Å². The Balaban J connectivity index is 3.48. The fourth-order valence-electron chi connectivity index (χ4n) is 1.46. The zero-order valence-corrected chi connectivity index (χ0v) is 12.8. The average molecular weight is 292 g/mol. The van der Waals surface area contributed by atoms with Crippen molar-refractivity contribution in [2.24, 2.45) is 5.73 Å². The minimum Gasteiger partial charge on any atom is -0.382 e. The van der Waals surface area contributed by atoms with Gasteiger partial charge in [0.2, 0.25) is 5.91 Å². The standard InChI is InChI=1S/C13H28N2O5/c1-4-15-13(2,12(14)16)11-20-10-9-19-8-7-18-6-5-17-3/h15H,4-11H2,1-3H3,(H2,14,16). The zero-order chi connectivity index (χ0) is 15.3. The van der Waals surface area contributed by atoms with Gasteiger partial charge in [-0.2, -0.15) is 0 Å². The molecular formula is C13H28N2O5. The first-order chi connectivity index (χ1) is 9.56. The average Bonchev–Trinajstić information content (AvgIpc) is 2.41. The lowest BCUT2D eigenvalue weighted by Crippen LogP contribution is -2.56. The van der Waals surface area contributed by atoms with E-state index in [1.165, 1.54) is 0 Å². The normalized spacial score (nSPS) is 14.2. The minimum atomic E-state index is -0.835. The number of primary amides is 1. The second kappa shape index (κ2) is 12.0. The molecular weight excluding hydrogens is 264 g/mol. The topological polar surface area (TPSA) is 92.0 Å². The molecule has 0 bridgehead atoms. The molecule has 1 amide bonds. The summed E-state index contributed by atoms with van der Waals surface area (Å²) in [5, 5.41) is 3.02. The number of methoxy groups -OCH3 is 1. The first-order valence-electron chi connectivity index (χ1n) is 6.84. The van der Waals surface area contributed by atoms with Gasteiger partial charge in [0.1, 0.15) is 5.54 Å². The van der Waals surface area contributed by atoms with E-state index >= 15 is 0 Å². The molecule has 120 valence electrons. The molecule has 3 N–H and O–H groups in total. The Morgan fingerprint density at radius 2 is 1.55 bits per heavy atom. The molecule has 0 aliphatic carbocycles. The Kier molecular flexibility index (Phi) is 11.6. The molecule has 1 unspecified atom stereocenters. The molecule has 0 spiro atoms. The Morgan fingerprint density at radius 3 is 2.00 bits per heavy atom. The molecule has 0 saturated heterocycles. The molecule has 0 saturated carbocycles. The number of nitrogens with two attached hydrogens (primary N) is 1. The maximum Gasteiger partial charge on any atom is 0.239 e. The lowest BCUT2D eigenvalue weighted by molar-refractivity contribution is -0.126. The number of likely N-dealkylation sites (N-methyl/N-ethyl adjacent to an activating group) is 1. The SMILES string of the molecule is CCNC(C)(COCCOCCOCCOC)C(N)=O. The zero-order valence-electron chi connectivity index (χ0n) is 12.8. The lowest BCUT2D eigenvalue weighted by atomic mass is 10.0. The number of amides is 1. The summed E-state index contributed by atoms with van der Waals surface area (Å²) in [5.41, 5.74) is 4.50. The van der Waals surface area contributed by atoms with Gasteiger partial charge in [-0.3, -0.25) is 4.79 Å². The molecule has 1 atom stereocenters. The van der Waals surface area contributed by atoms with Gasteiger partial charge in [0.15, 0.2) is 0 Å². The van der Waals surface area contributed by atoms with E-state index in [1.54, 1.807) is 14.0 Å². The van der Waals surface area contributed by atoms with Gasteiger partial charge in [0.05, 0.1) is 46.2 Å². The second-order valence-electron chi connectivity index (χ2n) is 4.50. The second-order valence-corrected chi connectivity index (χ2v) is 4.50. The van der Waals surface area contributed by atoms with Gasteiger partial charge in [-0.1, -0.05) is 6.92 Å². The molecule has 0 rings (SSSR count). The summed E-state index contributed by atoms with van der Waals surface area (Å²) >= 11 is 0. The van der Waals surface area contributed by atoms with Gasteiger partial charge < -0.3 is 30.0 Å². The molecule has 0 aromatic carbocycles. The fourth-order valence-corrected chi connectivity index (χ4v) is 1.46. The van der Waals surface area contributed by atoms with E-state index in [-0.39, 0.29) is 6.61 Å². The van der Waals surface area contributed by atoms with Crippen LogP contribution < -0.4 is 11.1 Å². The summed E-state index contributed by atoms with van der Waals surface area (Å²) in [6.07, 6.45) is 0. The molecule has 0 aromatic rings. The molecule has 0 heterocycles. The van der Waals surface area contributed by atoms with Crippen LogP contribution in [0.2, 0.25) is 0 Å². The molecule has 0 aliphatic heterocycles. The number of hydrogen-bond acceptors (Lipinski definition) is 6. The number of rotatable bonds is 14. The number of nitrogens with one attached hydrogen (secondary N) is 1. The van der Waals surface area contributed by atoms with Gasteiger partial charge in [0, 0.05) is 7.11 Å². The molecule has 0 radical (unpaired) electrons. The van der Waals surface area contributed by atoms with Crippen molar-refractivity contribution in [3.8, 4) is 0 Å². The van der Waals surface area contributed by atoms with Crippen molar-refractivity contribution < 1.29 is 23.7 Å². The van der Waals surface area contributed by atoms with E-state index in [0.717, 1.165) is 0 Å². The van der Waals surface area contributed by atoms with Crippen molar-refractivity contribution in [2.75, 3.05) is 59.9 Å². The molecule has 20 heavy (non-hydrogen) atoms. The van der Waals surface area contributed by atoms with Crippen LogP contribution >= 0.6 is 0 Å². The van der Waals surface area contributed by atoms with Crippen molar-refractivity contribution in [3.63, 3.8) is 0 Å². The predicted molar refractivity (Wildman–Crippen MR) is 75.6 cm³/mol. The monoisotopic (exact) mass is 292 g/mol. The quantitative estimate of drug-likeness (QED) is 0.421. The number of carbonyl (C=O) groups is 1. The first-order valence-corrected chi connectivity index (χ1v) is 6.84. The maximum absolute atomic E-state index is 11.3. The Labute approximate surface area is 121 Å². The molecule has 0 fully saturated rings. The molecule has 0 aliphatic rings. The largest absolute Gasteiger partial charge is 0.382 e. The van der Waals surface area contributed by atoms with Crippen LogP contribution in [0.15, 0.2) is 0 Å². The van der Waals surface area contributed by atoms with E-state index in [4.69, 9.17) is 24.7 Å². The van der Waals surface area contributed by atoms with E-state index in [0.29, 0.717) is 46.2 Å². The summed E-state index contributed by atoms with van der Waals surface area (Å²) < 4.78 is 20.8. The smallest absolute Gasteiger partial charge is 0.239 e. The van der Waals surface area contributed by atoms with Crippen LogP contribution in [0.5, 0.6) is 0 Å². The Bertz CT molecular complexity index is 253. The highest BCUT2D eigenvalue weighted by molar-refractivity contribution is 5.84. The van der Waals surface area contributed by atoms with Crippen LogP contribution in [0, 0.1) is 0 Å². The third-order valence-electron chi connectivity index (χ3n) is 2.68. The number of ether oxygens (including phenoxy) is 4. The summed E-state index contributed by atoms with van der Waals surface area (Å²) in [4.78, 5) is 11.3. The highest BCUT2D eigenvalue weighted by Gasteiger charge is 2.29. The maximum atomic E-state index is 11.3. The highest BCUT2D eigenvalue weighted by atomic mass is 16.6. The van der Waals surface area contributed by atoms with Gasteiger partial charge in [-0.15, -0.1) is 0 Å². The lowest BCUT2D eigenvalue weighted by Gasteiger charge is -2.26. The van der Waals surface area contributed by atoms with Crippen molar-refractivity contribution >= 4 is 5.91 Å². The summed E-state index contributed by atoms with van der Waals surface area (Å²) in [6.45, 7) is 7.56. The van der Waals surface area contributed by atoms with E-state index in [9.17, 15) is 4.79 Å². The number of hydrogen-bond donors (Lipinski definition) is 2. The summed E-state index contributed by atoms with van der Waals surface area (Å²) in [7, 11) is 1.63. The molecule has 7 nitrogen and oxygen atoms in total. The van der Waals surface area contributed by atoms with Crippen LogP contribution in [0.4, 0.5) is 0 Å². The first kappa shape index (κ1) is 19.3. The number of carbonyl (C=O) groups excluding carboxylic acids is 1. The van der Waals surface area contributed by atoms with Crippen molar-refractivity contribution in [3.05, 3.63) is 0 Å². The Morgan fingerprint density at radius 1 is 1.05 bits per heavy atom. The van der Waals surface area contributed by atoms with Crippen molar-refractivity contribution in [1.82, 2.24) is 5.32 Å². The van der Waals surface area contributed by atoms with Crippen LogP contribution in [0.25, 0.3) is 0 Å².